The second-order valence-electron chi connectivity index (χ2n) is 10.4. The molecule has 8 nitrogen and oxygen atoms in total. The second kappa shape index (κ2) is 10.6. The number of nitrogens with zero attached hydrogens (tertiary/aromatic N) is 6. The summed E-state index contributed by atoms with van der Waals surface area (Å²) in [6.45, 7) is 0. The number of fused-ring (bicyclic) bond motifs is 1. The zero-order valence-electron chi connectivity index (χ0n) is 22.0. The predicted molar refractivity (Wildman–Crippen MR) is 139 cm³/mol. The van der Waals surface area contributed by atoms with Gasteiger partial charge in [-0.2, -0.15) is 0 Å². The van der Waals surface area contributed by atoms with Crippen molar-refractivity contribution in [2.45, 2.75) is 69.7 Å². The molecule has 2 fully saturated rings. The van der Waals surface area contributed by atoms with Gasteiger partial charge < -0.3 is 22.7 Å². The summed E-state index contributed by atoms with van der Waals surface area (Å²) in [7, 11) is 0. The molecule has 194 valence electrons. The Labute approximate surface area is 224 Å². The summed E-state index contributed by atoms with van der Waals surface area (Å²) in [5.74, 6) is 0.986. The van der Waals surface area contributed by atoms with Crippen molar-refractivity contribution in [3.8, 4) is 17.1 Å². The minimum absolute atomic E-state index is 0. The zero-order chi connectivity index (χ0) is 24.5. The second-order valence-corrected chi connectivity index (χ2v) is 10.4. The summed E-state index contributed by atoms with van der Waals surface area (Å²) >= 11 is 0. The number of aromatic nitrogens is 6. The highest BCUT2D eigenvalue weighted by Crippen LogP contribution is 2.50. The summed E-state index contributed by atoms with van der Waals surface area (Å²) in [5, 5.41) is 11.6. The smallest absolute Gasteiger partial charge is 1.00 e. The molecular formula is C28H34ClN7O. The van der Waals surface area contributed by atoms with Gasteiger partial charge in [0.1, 0.15) is 17.7 Å². The quantitative estimate of drug-likeness (QED) is 0.420. The van der Waals surface area contributed by atoms with E-state index in [4.69, 9.17) is 10.7 Å². The lowest BCUT2D eigenvalue weighted by atomic mass is 9.63. The number of tetrazole rings is 1. The standard InChI is InChI=1S/C28H33N7O.ClH/c29-27(36)28(21-11-3-1-4-12-21,22-13-5-2-6-14-22)35-25-17-8-7-16-24(25)31-26(35)20-10-9-15-23(18-20)34-19-30-32-33-34;/h7-10,15-19,21-22H,1-6,11-14H2,(H2,29,36);1H. The van der Waals surface area contributed by atoms with Gasteiger partial charge in [-0.25, -0.2) is 9.67 Å². The van der Waals surface area contributed by atoms with E-state index in [1.807, 2.05) is 36.4 Å². The third kappa shape index (κ3) is 4.31. The van der Waals surface area contributed by atoms with Crippen LogP contribution < -0.4 is 18.1 Å². The summed E-state index contributed by atoms with van der Waals surface area (Å²) in [6.07, 6.45) is 12.7. The van der Waals surface area contributed by atoms with Crippen molar-refractivity contribution in [3.05, 3.63) is 54.9 Å². The number of amides is 1. The van der Waals surface area contributed by atoms with Gasteiger partial charge >= 0.3 is 1.43 Å². The molecule has 37 heavy (non-hydrogen) atoms. The molecule has 4 aromatic rings. The summed E-state index contributed by atoms with van der Waals surface area (Å²) in [6, 6.07) is 16.2. The average molecular weight is 520 g/mol. The number of rotatable bonds is 6. The van der Waals surface area contributed by atoms with Crippen molar-refractivity contribution in [2.24, 2.45) is 17.6 Å². The van der Waals surface area contributed by atoms with Crippen LogP contribution in [-0.2, 0) is 10.3 Å². The molecule has 2 aromatic carbocycles. The molecule has 0 bridgehead atoms. The summed E-state index contributed by atoms with van der Waals surface area (Å²) in [5.41, 5.74) is 9.38. The molecule has 0 aliphatic heterocycles. The Balaban J connectivity index is 0.00000168. The van der Waals surface area contributed by atoms with Gasteiger partial charge in [0.2, 0.25) is 5.91 Å². The predicted octanol–water partition coefficient (Wildman–Crippen LogP) is 2.14. The van der Waals surface area contributed by atoms with Crippen LogP contribution in [0.5, 0.6) is 0 Å². The third-order valence-corrected chi connectivity index (χ3v) is 8.50. The molecule has 0 saturated heterocycles. The molecule has 9 heteroatoms. The van der Waals surface area contributed by atoms with E-state index in [1.165, 1.54) is 12.8 Å². The molecule has 2 saturated carbocycles. The molecule has 2 heterocycles. The molecule has 2 N–H and O–H groups in total. The number of para-hydroxylation sites is 2. The molecule has 0 radical (unpaired) electrons. The number of hydrogen-bond acceptors (Lipinski definition) is 5. The van der Waals surface area contributed by atoms with Gasteiger partial charge in [0.15, 0.2) is 0 Å². The van der Waals surface area contributed by atoms with Crippen molar-refractivity contribution in [3.63, 3.8) is 0 Å². The Bertz CT molecular complexity index is 1340. The zero-order valence-corrected chi connectivity index (χ0v) is 21.7. The van der Waals surface area contributed by atoms with Gasteiger partial charge in [0, 0.05) is 5.56 Å². The van der Waals surface area contributed by atoms with Crippen LogP contribution in [0.1, 0.15) is 65.6 Å². The van der Waals surface area contributed by atoms with Gasteiger partial charge in [-0.05, 0) is 72.2 Å². The first-order valence-electron chi connectivity index (χ1n) is 13.3. The fourth-order valence-corrected chi connectivity index (χ4v) is 6.96. The fourth-order valence-electron chi connectivity index (χ4n) is 6.96. The largest absolute Gasteiger partial charge is 1.00 e. The topological polar surface area (TPSA) is 105 Å². The van der Waals surface area contributed by atoms with Crippen LogP contribution in [0.2, 0.25) is 0 Å². The molecule has 2 aliphatic rings. The highest BCUT2D eigenvalue weighted by Gasteiger charge is 2.53. The van der Waals surface area contributed by atoms with Crippen LogP contribution in [-0.4, -0.2) is 35.7 Å². The van der Waals surface area contributed by atoms with E-state index in [1.54, 1.807) is 11.0 Å². The van der Waals surface area contributed by atoms with E-state index in [2.05, 4.69) is 32.2 Å². The highest BCUT2D eigenvalue weighted by atomic mass is 35.5. The Morgan fingerprint density at radius 2 is 1.59 bits per heavy atom. The molecule has 0 unspecified atom stereocenters. The van der Waals surface area contributed by atoms with Crippen molar-refractivity contribution in [2.75, 3.05) is 0 Å². The van der Waals surface area contributed by atoms with Gasteiger partial charge in [0.05, 0.1) is 16.7 Å². The van der Waals surface area contributed by atoms with Crippen LogP contribution in [0.15, 0.2) is 54.9 Å². The number of imidazole rings is 1. The summed E-state index contributed by atoms with van der Waals surface area (Å²) in [4.78, 5) is 19.1. The number of benzene rings is 2. The molecular weight excluding hydrogens is 486 g/mol. The van der Waals surface area contributed by atoms with E-state index in [-0.39, 0.29) is 31.6 Å². The number of primary amides is 1. The number of carbonyl (C=O) groups is 1. The molecule has 2 aromatic heterocycles. The molecule has 0 atom stereocenters. The number of carbonyl (C=O) groups excluding carboxylic acids is 1. The first-order chi connectivity index (χ1) is 17.7. The lowest BCUT2D eigenvalue weighted by Crippen LogP contribution is -3.00. The monoisotopic (exact) mass is 519 g/mol. The van der Waals surface area contributed by atoms with E-state index < -0.39 is 5.54 Å². The van der Waals surface area contributed by atoms with Crippen molar-refractivity contribution in [1.29, 1.82) is 0 Å². The maximum Gasteiger partial charge on any atom is 1.00 e. The Kier molecular flexibility index (Phi) is 7.29. The first-order valence-corrected chi connectivity index (χ1v) is 13.3. The van der Waals surface area contributed by atoms with Crippen LogP contribution in [0.4, 0.5) is 0 Å². The average Bonchev–Trinajstić information content (AvgIpc) is 3.60. The van der Waals surface area contributed by atoms with Gasteiger partial charge in [-0.1, -0.05) is 62.8 Å². The van der Waals surface area contributed by atoms with Crippen molar-refractivity contribution in [1.82, 2.24) is 29.8 Å². The van der Waals surface area contributed by atoms with Crippen LogP contribution in [0.25, 0.3) is 28.1 Å². The van der Waals surface area contributed by atoms with E-state index in [0.29, 0.717) is 0 Å². The highest BCUT2D eigenvalue weighted by molar-refractivity contribution is 5.90. The van der Waals surface area contributed by atoms with Gasteiger partial charge in [-0.3, -0.25) is 4.79 Å². The van der Waals surface area contributed by atoms with Gasteiger partial charge in [0.25, 0.3) is 0 Å². The molecule has 0 spiro atoms. The number of hydrogen-bond donors (Lipinski definition) is 1. The van der Waals surface area contributed by atoms with Crippen LogP contribution in [0.3, 0.4) is 0 Å². The molecule has 1 amide bonds. The maximum absolute atomic E-state index is 13.9. The number of nitrogens with two attached hydrogens (primary N) is 1. The van der Waals surface area contributed by atoms with Crippen LogP contribution in [0, 0.1) is 11.8 Å². The SMILES string of the molecule is NC(=O)C(C1CCCCC1)(C1CCCCC1)n1c(-c2cccc(-n3cnnn3)c2)nc2ccccc21.[Cl-].[H+]. The normalized spacial score (nSPS) is 17.5. The molecule has 6 rings (SSSR count). The minimum Gasteiger partial charge on any atom is -1.00 e. The fraction of sp³-hybridized carbons (Fsp3) is 0.464. The Morgan fingerprint density at radius 1 is 0.919 bits per heavy atom. The van der Waals surface area contributed by atoms with Crippen molar-refractivity contribution >= 4 is 16.9 Å². The Hall–Kier alpha value is -3.26. The van der Waals surface area contributed by atoms with Crippen molar-refractivity contribution < 1.29 is 18.6 Å². The van der Waals surface area contributed by atoms with E-state index >= 15 is 0 Å². The van der Waals surface area contributed by atoms with E-state index in [9.17, 15) is 4.79 Å². The third-order valence-electron chi connectivity index (χ3n) is 8.50. The van der Waals surface area contributed by atoms with Gasteiger partial charge in [-0.15, -0.1) is 5.10 Å². The van der Waals surface area contributed by atoms with Crippen LogP contribution >= 0.6 is 0 Å². The minimum atomic E-state index is -0.808. The maximum atomic E-state index is 13.9. The molecule has 2 aliphatic carbocycles. The lowest BCUT2D eigenvalue weighted by molar-refractivity contribution is -0.135. The number of halogens is 1. The first kappa shape index (κ1) is 25.4. The summed E-state index contributed by atoms with van der Waals surface area (Å²) < 4.78 is 3.90. The van der Waals surface area contributed by atoms with E-state index in [0.717, 1.165) is 79.5 Å². The Morgan fingerprint density at radius 3 is 2.22 bits per heavy atom. The lowest BCUT2D eigenvalue weighted by Gasteiger charge is -2.48.